The van der Waals surface area contributed by atoms with Crippen molar-refractivity contribution in [2.75, 3.05) is 13.2 Å². The summed E-state index contributed by atoms with van der Waals surface area (Å²) in [6.07, 6.45) is 0. The summed E-state index contributed by atoms with van der Waals surface area (Å²) in [5, 5.41) is 7.89. The van der Waals surface area contributed by atoms with E-state index in [0.29, 0.717) is 6.61 Å². The minimum atomic E-state index is -0.935. The van der Waals surface area contributed by atoms with Crippen LogP contribution in [0.3, 0.4) is 0 Å². The summed E-state index contributed by atoms with van der Waals surface area (Å²) in [4.78, 5) is 19.7. The molecule has 0 amide bonds. The zero-order chi connectivity index (χ0) is 10.9. The maximum atomic E-state index is 10.1. The predicted molar refractivity (Wildman–Crippen MR) is 48.1 cm³/mol. The summed E-state index contributed by atoms with van der Waals surface area (Å²) >= 11 is 0. The van der Waals surface area contributed by atoms with Gasteiger partial charge in [0.2, 0.25) is 0 Å². The van der Waals surface area contributed by atoms with E-state index in [-0.39, 0.29) is 18.1 Å². The van der Waals surface area contributed by atoms with E-state index in [9.17, 15) is 9.59 Å². The molecule has 3 N–H and O–H groups in total. The third-order valence-electron chi connectivity index (χ3n) is 0.837. The molecule has 0 spiro atoms. The van der Waals surface area contributed by atoms with Crippen molar-refractivity contribution < 1.29 is 19.4 Å². The summed E-state index contributed by atoms with van der Waals surface area (Å²) in [6.45, 7) is 6.74. The first-order chi connectivity index (χ1) is 5.95. The smallest absolute Gasteiger partial charge is 0.330 e. The van der Waals surface area contributed by atoms with E-state index in [1.54, 1.807) is 6.92 Å². The lowest BCUT2D eigenvalue weighted by molar-refractivity contribution is -0.141. The van der Waals surface area contributed by atoms with Gasteiger partial charge in [0, 0.05) is 5.57 Å². The van der Waals surface area contributed by atoms with Gasteiger partial charge in [-0.25, -0.2) is 4.79 Å². The molecule has 0 saturated carbocycles. The lowest BCUT2D eigenvalue weighted by Gasteiger charge is -1.93. The standard InChI is InChI=1S/C4H9NO2.C4H6O2/c1-2-7-4(6)3-5;1-3(2)4(5)6/h2-3,5H2,1H3;1H2,2H3,(H,5,6). The lowest BCUT2D eigenvalue weighted by atomic mass is 10.4. The number of aliphatic carboxylic acids is 1. The molecule has 0 atom stereocenters. The van der Waals surface area contributed by atoms with Crippen molar-refractivity contribution >= 4 is 11.9 Å². The van der Waals surface area contributed by atoms with Crippen LogP contribution in [-0.4, -0.2) is 30.2 Å². The molecule has 76 valence electrons. The molecule has 5 heteroatoms. The van der Waals surface area contributed by atoms with Gasteiger partial charge in [-0.3, -0.25) is 4.79 Å². The average molecular weight is 189 g/mol. The number of ether oxygens (including phenoxy) is 1. The van der Waals surface area contributed by atoms with Crippen LogP contribution >= 0.6 is 0 Å². The molecular formula is C8H15NO4. The van der Waals surface area contributed by atoms with E-state index in [1.165, 1.54) is 6.92 Å². The molecule has 0 heterocycles. The van der Waals surface area contributed by atoms with E-state index >= 15 is 0 Å². The van der Waals surface area contributed by atoms with Crippen LogP contribution in [0.4, 0.5) is 0 Å². The van der Waals surface area contributed by atoms with Gasteiger partial charge in [0.15, 0.2) is 0 Å². The van der Waals surface area contributed by atoms with Gasteiger partial charge in [0.05, 0.1) is 13.2 Å². The monoisotopic (exact) mass is 189 g/mol. The van der Waals surface area contributed by atoms with E-state index in [0.717, 1.165) is 0 Å². The largest absolute Gasteiger partial charge is 0.478 e. The van der Waals surface area contributed by atoms with Gasteiger partial charge in [-0.2, -0.15) is 0 Å². The van der Waals surface area contributed by atoms with E-state index in [2.05, 4.69) is 11.3 Å². The fraction of sp³-hybridized carbons (Fsp3) is 0.500. The molecule has 0 radical (unpaired) electrons. The lowest BCUT2D eigenvalue weighted by Crippen LogP contribution is -2.16. The minimum Gasteiger partial charge on any atom is -0.478 e. The van der Waals surface area contributed by atoms with Gasteiger partial charge >= 0.3 is 11.9 Å². The number of hydrogen-bond donors (Lipinski definition) is 2. The summed E-state index contributed by atoms with van der Waals surface area (Å²) in [5.74, 6) is -1.28. The quantitative estimate of drug-likeness (QED) is 0.487. The maximum Gasteiger partial charge on any atom is 0.330 e. The highest BCUT2D eigenvalue weighted by Gasteiger charge is 1.91. The number of rotatable bonds is 3. The van der Waals surface area contributed by atoms with Gasteiger partial charge in [0.1, 0.15) is 0 Å². The van der Waals surface area contributed by atoms with E-state index in [1.807, 2.05) is 0 Å². The first-order valence-electron chi connectivity index (χ1n) is 3.70. The third-order valence-corrected chi connectivity index (χ3v) is 0.837. The van der Waals surface area contributed by atoms with Gasteiger partial charge in [0.25, 0.3) is 0 Å². The summed E-state index contributed by atoms with van der Waals surface area (Å²) in [6, 6.07) is 0. The number of carbonyl (C=O) groups excluding carboxylic acids is 1. The van der Waals surface area contributed by atoms with Crippen molar-refractivity contribution in [1.29, 1.82) is 0 Å². The molecular weight excluding hydrogens is 174 g/mol. The molecule has 0 aromatic heterocycles. The summed E-state index contributed by atoms with van der Waals surface area (Å²) in [5.41, 5.74) is 5.06. The zero-order valence-corrected chi connectivity index (χ0v) is 7.87. The van der Waals surface area contributed by atoms with E-state index in [4.69, 9.17) is 10.8 Å². The van der Waals surface area contributed by atoms with Crippen molar-refractivity contribution in [3.8, 4) is 0 Å². The Morgan fingerprint density at radius 1 is 1.54 bits per heavy atom. The second-order valence-corrected chi connectivity index (χ2v) is 2.09. The summed E-state index contributed by atoms with van der Waals surface area (Å²) in [7, 11) is 0. The highest BCUT2D eigenvalue weighted by Crippen LogP contribution is 1.81. The second-order valence-electron chi connectivity index (χ2n) is 2.09. The van der Waals surface area contributed by atoms with Gasteiger partial charge in [-0.05, 0) is 13.8 Å². The van der Waals surface area contributed by atoms with Gasteiger partial charge < -0.3 is 15.6 Å². The number of esters is 1. The number of hydrogen-bond acceptors (Lipinski definition) is 4. The van der Waals surface area contributed by atoms with Crippen molar-refractivity contribution in [3.05, 3.63) is 12.2 Å². The first kappa shape index (κ1) is 14.2. The highest BCUT2D eigenvalue weighted by atomic mass is 16.5. The Hall–Kier alpha value is -1.36. The first-order valence-corrected chi connectivity index (χ1v) is 3.70. The van der Waals surface area contributed by atoms with Crippen molar-refractivity contribution in [2.24, 2.45) is 5.73 Å². The SMILES string of the molecule is C=C(C)C(=O)O.CCOC(=O)CN. The van der Waals surface area contributed by atoms with Gasteiger partial charge in [-0.15, -0.1) is 0 Å². The van der Waals surface area contributed by atoms with Crippen molar-refractivity contribution in [1.82, 2.24) is 0 Å². The van der Waals surface area contributed by atoms with E-state index < -0.39 is 5.97 Å². The normalized spacial score (nSPS) is 7.92. The molecule has 0 aromatic rings. The highest BCUT2D eigenvalue weighted by molar-refractivity contribution is 5.84. The Labute approximate surface area is 77.2 Å². The second kappa shape index (κ2) is 8.73. The Morgan fingerprint density at radius 2 is 1.92 bits per heavy atom. The number of carboxylic acid groups (broad SMARTS) is 1. The van der Waals surface area contributed by atoms with Crippen molar-refractivity contribution in [3.63, 3.8) is 0 Å². The minimum absolute atomic E-state index is 0.0200. The Bertz CT molecular complexity index is 177. The molecule has 0 rings (SSSR count). The molecule has 0 saturated heterocycles. The maximum absolute atomic E-state index is 10.1. The molecule has 0 aliphatic heterocycles. The number of carboxylic acids is 1. The van der Waals surface area contributed by atoms with Gasteiger partial charge in [-0.1, -0.05) is 6.58 Å². The fourth-order valence-electron chi connectivity index (χ4n) is 0.220. The van der Waals surface area contributed by atoms with Crippen LogP contribution in [0.15, 0.2) is 12.2 Å². The van der Waals surface area contributed by atoms with Crippen LogP contribution in [-0.2, 0) is 14.3 Å². The molecule has 0 aliphatic carbocycles. The third kappa shape index (κ3) is 13.6. The Kier molecular flexibility index (Phi) is 9.53. The molecule has 13 heavy (non-hydrogen) atoms. The van der Waals surface area contributed by atoms with Crippen LogP contribution in [0.2, 0.25) is 0 Å². The average Bonchev–Trinajstić information content (AvgIpc) is 2.05. The summed E-state index contributed by atoms with van der Waals surface area (Å²) < 4.78 is 4.43. The zero-order valence-electron chi connectivity index (χ0n) is 7.87. The predicted octanol–water partition coefficient (Wildman–Crippen LogP) is 0.155. The Balaban J connectivity index is 0. The number of nitrogens with two attached hydrogens (primary N) is 1. The molecule has 0 bridgehead atoms. The van der Waals surface area contributed by atoms with Crippen LogP contribution in [0.25, 0.3) is 0 Å². The molecule has 0 aromatic carbocycles. The fourth-order valence-corrected chi connectivity index (χ4v) is 0.220. The van der Waals surface area contributed by atoms with Crippen LogP contribution in [0, 0.1) is 0 Å². The topological polar surface area (TPSA) is 89.6 Å². The van der Waals surface area contributed by atoms with Crippen LogP contribution < -0.4 is 5.73 Å². The molecule has 0 unspecified atom stereocenters. The van der Waals surface area contributed by atoms with Crippen LogP contribution in [0.5, 0.6) is 0 Å². The van der Waals surface area contributed by atoms with Crippen LogP contribution in [0.1, 0.15) is 13.8 Å². The molecule has 0 aliphatic rings. The number of carbonyl (C=O) groups is 2. The van der Waals surface area contributed by atoms with Crippen molar-refractivity contribution in [2.45, 2.75) is 13.8 Å². The molecule has 0 fully saturated rings. The Morgan fingerprint density at radius 3 is 2.00 bits per heavy atom. The molecule has 5 nitrogen and oxygen atoms in total.